The third-order valence-corrected chi connectivity index (χ3v) is 5.54. The Morgan fingerprint density at radius 2 is 2.07 bits per heavy atom. The van der Waals surface area contributed by atoms with Crippen LogP contribution in [0.1, 0.15) is 57.6 Å². The minimum absolute atomic E-state index is 0.0538. The number of nitrogens with two attached hydrogens (primary N) is 1. The lowest BCUT2D eigenvalue weighted by Crippen LogP contribution is -2.30. The summed E-state index contributed by atoms with van der Waals surface area (Å²) in [5.74, 6) is 0.0503. The fourth-order valence-corrected chi connectivity index (χ4v) is 3.96. The van der Waals surface area contributed by atoms with Gasteiger partial charge in [-0.3, -0.25) is 9.59 Å². The summed E-state index contributed by atoms with van der Waals surface area (Å²) in [7, 11) is 0. The van der Waals surface area contributed by atoms with Crippen LogP contribution in [-0.4, -0.2) is 47.7 Å². The molecule has 0 unspecified atom stereocenters. The number of nitrogens with one attached hydrogen (secondary N) is 1. The summed E-state index contributed by atoms with van der Waals surface area (Å²) in [5.41, 5.74) is 7.94. The first-order valence-corrected chi connectivity index (χ1v) is 10.8. The molecule has 1 atom stereocenters. The standard InChI is InChI=1S/C21H31N5O2.C2H2/c1-2-6-16(20(28)15-7-3-4-8-18(15)27)19(22)17-9-11-24-21(25-17)26-13-5-10-23-12-14-26;1-2/h9,11,15,23H,2-8,10,12-14,22H2,1H3;1-2H/b19-16-;/t15-;/m0./s1. The van der Waals surface area contributed by atoms with Gasteiger partial charge in [-0.2, -0.15) is 0 Å². The predicted molar refractivity (Wildman–Crippen MR) is 120 cm³/mol. The Morgan fingerprint density at radius 3 is 2.80 bits per heavy atom. The maximum atomic E-state index is 13.1. The van der Waals surface area contributed by atoms with Gasteiger partial charge in [-0.25, -0.2) is 9.97 Å². The first kappa shape index (κ1) is 23.6. The molecule has 1 saturated carbocycles. The molecular formula is C23H33N5O2. The Balaban J connectivity index is 0.00000155. The smallest absolute Gasteiger partial charge is 0.225 e. The fourth-order valence-electron chi connectivity index (χ4n) is 3.96. The number of aromatic nitrogens is 2. The molecule has 0 amide bonds. The van der Waals surface area contributed by atoms with Crippen molar-refractivity contribution in [1.29, 1.82) is 0 Å². The van der Waals surface area contributed by atoms with E-state index in [1.807, 2.05) is 6.92 Å². The Hall–Kier alpha value is -2.72. The third kappa shape index (κ3) is 5.90. The average Bonchev–Trinajstić information content (AvgIpc) is 3.08. The molecule has 0 radical (unpaired) electrons. The van der Waals surface area contributed by atoms with Gasteiger partial charge >= 0.3 is 0 Å². The van der Waals surface area contributed by atoms with Gasteiger partial charge in [0.15, 0.2) is 5.78 Å². The van der Waals surface area contributed by atoms with E-state index in [1.165, 1.54) is 0 Å². The van der Waals surface area contributed by atoms with Gasteiger partial charge in [-0.05, 0) is 38.3 Å². The summed E-state index contributed by atoms with van der Waals surface area (Å²) in [5, 5.41) is 3.37. The third-order valence-electron chi connectivity index (χ3n) is 5.54. The van der Waals surface area contributed by atoms with Gasteiger partial charge in [0.2, 0.25) is 5.95 Å². The Labute approximate surface area is 179 Å². The SMILES string of the molecule is C#C.CCC/C(C(=O)[C@H]1CCCCC1=O)=C(/N)c1ccnc(N2CCCNCC2)n1. The summed E-state index contributed by atoms with van der Waals surface area (Å²) in [6.07, 6.45) is 15.0. The molecule has 162 valence electrons. The van der Waals surface area contributed by atoms with Crippen LogP contribution in [-0.2, 0) is 9.59 Å². The van der Waals surface area contributed by atoms with Crippen LogP contribution in [0, 0.1) is 18.8 Å². The van der Waals surface area contributed by atoms with Crippen molar-refractivity contribution >= 4 is 23.2 Å². The largest absolute Gasteiger partial charge is 0.397 e. The van der Waals surface area contributed by atoms with Crippen molar-refractivity contribution in [2.24, 2.45) is 11.7 Å². The van der Waals surface area contributed by atoms with Gasteiger partial charge in [0.25, 0.3) is 0 Å². The second-order valence-electron chi connectivity index (χ2n) is 7.60. The summed E-state index contributed by atoms with van der Waals surface area (Å²) in [6.45, 7) is 5.62. The zero-order chi connectivity index (χ0) is 21.9. The highest BCUT2D eigenvalue weighted by Gasteiger charge is 2.32. The average molecular weight is 412 g/mol. The predicted octanol–water partition coefficient (Wildman–Crippen LogP) is 2.32. The molecule has 7 heteroatoms. The lowest BCUT2D eigenvalue weighted by atomic mass is 9.81. The molecule has 0 aromatic carbocycles. The molecule has 2 fully saturated rings. The van der Waals surface area contributed by atoms with Gasteiger partial charge in [-0.15, -0.1) is 12.8 Å². The number of Topliss-reactive ketones (excluding diaryl/α,β-unsaturated/α-hetero) is 2. The molecular weight excluding hydrogens is 378 g/mol. The zero-order valence-electron chi connectivity index (χ0n) is 17.9. The Bertz CT molecular complexity index is 779. The van der Waals surface area contributed by atoms with E-state index >= 15 is 0 Å². The van der Waals surface area contributed by atoms with Gasteiger partial charge in [-0.1, -0.05) is 19.8 Å². The maximum absolute atomic E-state index is 13.1. The zero-order valence-corrected chi connectivity index (χ0v) is 17.9. The van der Waals surface area contributed by atoms with Crippen LogP contribution >= 0.6 is 0 Å². The molecule has 30 heavy (non-hydrogen) atoms. The number of hydrogen-bond donors (Lipinski definition) is 2. The second-order valence-corrected chi connectivity index (χ2v) is 7.60. The number of ketones is 2. The molecule has 3 N–H and O–H groups in total. The number of carbonyl (C=O) groups is 2. The number of allylic oxidation sites excluding steroid dienone is 1. The van der Waals surface area contributed by atoms with E-state index in [4.69, 9.17) is 5.73 Å². The molecule has 2 aliphatic rings. The number of rotatable bonds is 6. The van der Waals surface area contributed by atoms with E-state index in [-0.39, 0.29) is 11.6 Å². The van der Waals surface area contributed by atoms with E-state index in [0.29, 0.717) is 42.2 Å². The maximum Gasteiger partial charge on any atom is 0.225 e. The highest BCUT2D eigenvalue weighted by atomic mass is 16.2. The van der Waals surface area contributed by atoms with Crippen LogP contribution in [0.3, 0.4) is 0 Å². The van der Waals surface area contributed by atoms with Crippen molar-refractivity contribution in [2.75, 3.05) is 31.1 Å². The van der Waals surface area contributed by atoms with E-state index in [0.717, 1.165) is 51.9 Å². The van der Waals surface area contributed by atoms with Crippen LogP contribution in [0.15, 0.2) is 17.8 Å². The highest BCUT2D eigenvalue weighted by molar-refractivity contribution is 6.13. The quantitative estimate of drug-likeness (QED) is 0.421. The van der Waals surface area contributed by atoms with Crippen molar-refractivity contribution in [3.05, 3.63) is 23.5 Å². The van der Waals surface area contributed by atoms with Crippen molar-refractivity contribution in [3.8, 4) is 12.8 Å². The minimum Gasteiger partial charge on any atom is -0.397 e. The number of anilines is 1. The summed E-state index contributed by atoms with van der Waals surface area (Å²) < 4.78 is 0. The van der Waals surface area contributed by atoms with E-state index in [1.54, 1.807) is 12.3 Å². The molecule has 2 heterocycles. The molecule has 1 aliphatic carbocycles. The lowest BCUT2D eigenvalue weighted by Gasteiger charge is -2.22. The van der Waals surface area contributed by atoms with Crippen LogP contribution in [0.25, 0.3) is 5.70 Å². The first-order chi connectivity index (χ1) is 14.6. The molecule has 0 bridgehead atoms. The lowest BCUT2D eigenvalue weighted by molar-refractivity contribution is -0.132. The van der Waals surface area contributed by atoms with Crippen molar-refractivity contribution in [1.82, 2.24) is 15.3 Å². The highest BCUT2D eigenvalue weighted by Crippen LogP contribution is 2.28. The fraction of sp³-hybridized carbons (Fsp3) is 0.565. The van der Waals surface area contributed by atoms with Crippen molar-refractivity contribution in [3.63, 3.8) is 0 Å². The van der Waals surface area contributed by atoms with E-state index < -0.39 is 5.92 Å². The molecule has 0 spiro atoms. The molecule has 1 aromatic heterocycles. The minimum atomic E-state index is -0.535. The van der Waals surface area contributed by atoms with E-state index in [2.05, 4.69) is 33.0 Å². The summed E-state index contributed by atoms with van der Waals surface area (Å²) in [4.78, 5) is 36.6. The normalized spacial score (nSPS) is 20.4. The van der Waals surface area contributed by atoms with Crippen molar-refractivity contribution in [2.45, 2.75) is 51.9 Å². The van der Waals surface area contributed by atoms with E-state index in [9.17, 15) is 9.59 Å². The number of hydrogen-bond acceptors (Lipinski definition) is 7. The van der Waals surface area contributed by atoms with Crippen LogP contribution in [0.5, 0.6) is 0 Å². The van der Waals surface area contributed by atoms with Gasteiger partial charge in [0.05, 0.1) is 17.3 Å². The Morgan fingerprint density at radius 1 is 1.27 bits per heavy atom. The Kier molecular flexibility index (Phi) is 9.49. The van der Waals surface area contributed by atoms with Gasteiger partial charge in [0.1, 0.15) is 5.78 Å². The topological polar surface area (TPSA) is 101 Å². The number of nitrogens with zero attached hydrogens (tertiary/aromatic N) is 3. The molecule has 1 aliphatic heterocycles. The molecule has 7 nitrogen and oxygen atoms in total. The van der Waals surface area contributed by atoms with Crippen molar-refractivity contribution < 1.29 is 9.59 Å². The first-order valence-electron chi connectivity index (χ1n) is 10.8. The second kappa shape index (κ2) is 12.1. The van der Waals surface area contributed by atoms with Gasteiger partial charge < -0.3 is 16.0 Å². The van der Waals surface area contributed by atoms with Crippen LogP contribution in [0.2, 0.25) is 0 Å². The molecule has 3 rings (SSSR count). The molecule has 1 saturated heterocycles. The molecule has 1 aromatic rings. The van der Waals surface area contributed by atoms with Crippen LogP contribution in [0.4, 0.5) is 5.95 Å². The number of carbonyl (C=O) groups excluding carboxylic acids is 2. The number of terminal acetylenes is 1. The summed E-state index contributed by atoms with van der Waals surface area (Å²) >= 11 is 0. The van der Waals surface area contributed by atoms with Gasteiger partial charge in [0, 0.05) is 37.8 Å². The van der Waals surface area contributed by atoms with Crippen LogP contribution < -0.4 is 16.0 Å². The monoisotopic (exact) mass is 411 g/mol. The summed E-state index contributed by atoms with van der Waals surface area (Å²) in [6, 6.07) is 1.75.